The molecule has 0 unspecified atom stereocenters. The van der Waals surface area contributed by atoms with E-state index in [0.717, 1.165) is 30.3 Å². The van der Waals surface area contributed by atoms with Gasteiger partial charge in [0, 0.05) is 22.7 Å². The van der Waals surface area contributed by atoms with Gasteiger partial charge in [0.05, 0.1) is 60.3 Å². The van der Waals surface area contributed by atoms with Gasteiger partial charge in [0.15, 0.2) is 22.2 Å². The third-order valence-electron chi connectivity index (χ3n) is 9.57. The molecule has 0 fully saturated rings. The first kappa shape index (κ1) is 78.5. The number of anilines is 10. The Morgan fingerprint density at radius 3 is 1.61 bits per heavy atom. The molecule has 7 aromatic rings. The molecule has 0 bridgehead atoms. The first-order chi connectivity index (χ1) is 37.8. The molecule has 0 aliphatic carbocycles. The molecule has 8 N–H and O–H groups in total. The predicted molar refractivity (Wildman–Crippen MR) is 267 cm³/mol. The van der Waals surface area contributed by atoms with Crippen LogP contribution in [0.15, 0.2) is 136 Å². The maximum atomic E-state index is 14.8. The van der Waals surface area contributed by atoms with Gasteiger partial charge in [-0.25, -0.2) is 33.7 Å². The smallest absolute Gasteiger partial charge is 0.744 e. The molecule has 0 aliphatic heterocycles. The zero-order chi connectivity index (χ0) is 58.0. The maximum absolute atomic E-state index is 14.8. The fourth-order valence-electron chi connectivity index (χ4n) is 6.19. The number of azo groups is 2. The van der Waals surface area contributed by atoms with Crippen molar-refractivity contribution < 1.29 is 233 Å². The average molecular weight is 1360 g/mol. The van der Waals surface area contributed by atoms with E-state index >= 15 is 0 Å². The number of nitrogens with two attached hydrogens (primary N) is 2. The van der Waals surface area contributed by atoms with Crippen LogP contribution in [0.2, 0.25) is 5.28 Å². The van der Waals surface area contributed by atoms with E-state index in [1.165, 1.54) is 54.6 Å². The van der Waals surface area contributed by atoms with E-state index in [2.05, 4.69) is 90.4 Å². The van der Waals surface area contributed by atoms with Crippen LogP contribution in [0.3, 0.4) is 0 Å². The van der Waals surface area contributed by atoms with Crippen LogP contribution in [0.25, 0.3) is 0 Å². The van der Waals surface area contributed by atoms with Crippen molar-refractivity contribution in [3.63, 3.8) is 0 Å². The Morgan fingerprint density at radius 1 is 0.541 bits per heavy atom. The van der Waals surface area contributed by atoms with Crippen LogP contribution in [0.5, 0.6) is 0 Å². The number of nitrogen functional groups attached to an aromatic ring is 2. The largest absolute Gasteiger partial charge is 1.00 e. The second kappa shape index (κ2) is 35.2. The molecule has 2 aromatic heterocycles. The van der Waals surface area contributed by atoms with Gasteiger partial charge in [-0.1, -0.05) is 6.07 Å². The van der Waals surface area contributed by atoms with E-state index in [9.17, 15) is 62.2 Å². The van der Waals surface area contributed by atoms with Crippen LogP contribution >= 0.6 is 36.0 Å². The average Bonchev–Trinajstić information content (AvgIpc) is 3.55. The van der Waals surface area contributed by atoms with Crippen LogP contribution in [0.1, 0.15) is 0 Å². The number of nitrogens with one attached hydrogen (secondary N) is 4. The summed E-state index contributed by atoms with van der Waals surface area (Å²) >= 11 is 6.49. The second-order valence-corrected chi connectivity index (χ2v) is 22.6. The molecule has 422 valence electrons. The molecule has 0 amide bonds. The molecule has 47 heteroatoms. The zero-order valence-electron chi connectivity index (χ0n) is 43.8. The van der Waals surface area contributed by atoms with Gasteiger partial charge in [-0.05, 0) is 96.5 Å². The van der Waals surface area contributed by atoms with Gasteiger partial charge in [-0.15, -0.1) is 24.8 Å². The van der Waals surface area contributed by atoms with Crippen LogP contribution in [0, 0.1) is 6.08 Å². The molecule has 0 spiro atoms. The van der Waals surface area contributed by atoms with Gasteiger partial charge >= 0.3 is 154 Å². The molecule has 0 radical (unpaired) electrons. The Balaban J connectivity index is 0.00000493. The van der Waals surface area contributed by atoms with Crippen molar-refractivity contribution in [2.24, 2.45) is 20.5 Å². The Hall–Kier alpha value is -2.56. The second-order valence-electron chi connectivity index (χ2n) is 14.8. The fraction of sp³-hybridized carbons (Fsp3) is 0.0526. The summed E-state index contributed by atoms with van der Waals surface area (Å²) in [5.41, 5.74) is 8.54. The molecule has 85 heavy (non-hydrogen) atoms. The Kier molecular flexibility index (Phi) is 32.5. The van der Waals surface area contributed by atoms with Crippen LogP contribution in [-0.4, -0.2) is 89.6 Å². The van der Waals surface area contributed by atoms with Gasteiger partial charge in [0.1, 0.15) is 53.1 Å². The number of nitrogens with zero attached hydrogens (tertiary/aromatic N) is 10. The number of halogens is 2. The third kappa shape index (κ3) is 23.0. The number of benzene rings is 5. The molecule has 5 aromatic carbocycles. The first-order valence-corrected chi connectivity index (χ1v) is 28.4. The number of hydrogen-bond acceptors (Lipinski definition) is 36. The molecular formula is C38H27ClFN16Na5O18S6. The van der Waals surface area contributed by atoms with Gasteiger partial charge in [-0.2, -0.15) is 38.6 Å². The quantitative estimate of drug-likeness (QED) is 0.00452. The van der Waals surface area contributed by atoms with Crippen LogP contribution in [0.4, 0.5) is 85.1 Å². The SMILES string of the molecule is Nc1c(N=Nc2cc(Nc3nc(Cl)nc(Nc4cccc(S(=O)(=O)[O-])c4)n3)ccc2S(=O)(=O)[O-])cc(S(=O)(=O)[O-])c(N)c1N=Nc1cc(Nc2nc(F)nc(Nc3ccc(S(=O)(=O)CCOSOO[O-])cc3)n2)ccc1SOO[O-].[Na+].[Na+].[Na+].[Na+].[Na+]. The van der Waals surface area contributed by atoms with Crippen molar-refractivity contribution in [2.45, 2.75) is 24.5 Å². The van der Waals surface area contributed by atoms with E-state index in [-0.39, 0.29) is 235 Å². The minimum Gasteiger partial charge on any atom is -0.744 e. The summed E-state index contributed by atoms with van der Waals surface area (Å²) in [6.45, 7) is -0.368. The van der Waals surface area contributed by atoms with E-state index < -0.39 is 106 Å². The van der Waals surface area contributed by atoms with Crippen LogP contribution in [-0.2, 0) is 63.1 Å². The summed E-state index contributed by atoms with van der Waals surface area (Å²) < 4.78 is 162. The minimum absolute atomic E-state index is 0. The van der Waals surface area contributed by atoms with E-state index in [0.29, 0.717) is 6.07 Å². The van der Waals surface area contributed by atoms with Gasteiger partial charge in [0.25, 0.3) is 0 Å². The Bertz CT molecular complexity index is 4030. The van der Waals surface area contributed by atoms with E-state index in [1.807, 2.05) is 0 Å². The monoisotopic (exact) mass is 1360 g/mol. The van der Waals surface area contributed by atoms with Crippen molar-refractivity contribution >= 4 is 157 Å². The van der Waals surface area contributed by atoms with Gasteiger partial charge in [0.2, 0.25) is 29.1 Å². The summed E-state index contributed by atoms with van der Waals surface area (Å²) in [5.74, 6) is -1.93. The Labute approximate surface area is 603 Å². The number of rotatable bonds is 25. The van der Waals surface area contributed by atoms with E-state index in [1.54, 1.807) is 0 Å². The number of aromatic nitrogens is 6. The molecular weight excluding hydrogens is 1330 g/mol. The molecule has 2 heterocycles. The summed E-state index contributed by atoms with van der Waals surface area (Å²) in [6, 6.07) is 16.8. The molecule has 0 aliphatic rings. The molecule has 7 rings (SSSR count). The molecule has 0 atom stereocenters. The van der Waals surface area contributed by atoms with Gasteiger partial charge < -0.3 is 56.9 Å². The minimum atomic E-state index is -5.52. The summed E-state index contributed by atoms with van der Waals surface area (Å²) in [7, 11) is -19.6. The van der Waals surface area contributed by atoms with Gasteiger partial charge in [-0.3, -0.25) is 14.3 Å². The van der Waals surface area contributed by atoms with E-state index in [4.69, 9.17) is 27.3 Å². The first-order valence-electron chi connectivity index (χ1n) is 20.7. The van der Waals surface area contributed by atoms with Crippen molar-refractivity contribution in [2.75, 3.05) is 45.1 Å². The topological polar surface area (TPSA) is 525 Å². The summed E-state index contributed by atoms with van der Waals surface area (Å²) in [4.78, 5) is 20.2. The van der Waals surface area contributed by atoms with Crippen molar-refractivity contribution in [1.29, 1.82) is 0 Å². The van der Waals surface area contributed by atoms with Crippen molar-refractivity contribution in [3.8, 4) is 0 Å². The Morgan fingerprint density at radius 2 is 1.05 bits per heavy atom. The standard InChI is InChI=1S/C38H32ClFN16O18S6.5Na/c39-33-47-35(44-19-2-1-3-23(14-19)78(61,62)63)51-36(48-33)45-21-7-11-28(79(64,65)66)25(16-21)54-55-26-17-29(80(67,68)69)31(42)32(30(26)41)56-53-24-15-20(6-10-27(24)75-73-71-57)46-38-50-34(40)49-37(52-38)43-18-4-8-22(9-5-18)77(59,60)13-12-70-76-74-72-58;;;;;/h1-11,14-17,57-58H,12-13,41-42H2,(H,61,62,63)(H,64,65,66)(H,67,68,69)(H2,43,46,49,50,52)(H2,44,45,47,48,51);;;;;/q;5*+1/p-5. The normalized spacial score (nSPS) is 11.6. The molecule has 0 saturated carbocycles. The summed E-state index contributed by atoms with van der Waals surface area (Å²) in [5, 5.41) is 52.9. The van der Waals surface area contributed by atoms with Crippen LogP contribution < -0.4 is 191 Å². The predicted octanol–water partition coefficient (Wildman–Crippen LogP) is -10.6. The zero-order valence-corrected chi connectivity index (χ0v) is 59.4. The number of sulfone groups is 1. The van der Waals surface area contributed by atoms with Crippen molar-refractivity contribution in [1.82, 2.24) is 29.9 Å². The fourth-order valence-corrected chi connectivity index (χ4v) is 9.90. The number of hydrogen-bond donors (Lipinski definition) is 6. The maximum Gasteiger partial charge on any atom is 1.00 e. The molecule has 34 nitrogen and oxygen atoms in total. The third-order valence-corrected chi connectivity index (χ3v) is 15.0. The molecule has 0 saturated heterocycles. The van der Waals surface area contributed by atoms with Crippen molar-refractivity contribution in [3.05, 3.63) is 102 Å². The summed E-state index contributed by atoms with van der Waals surface area (Å²) in [6.07, 6.45) is -1.30.